The van der Waals surface area contributed by atoms with Crippen LogP contribution in [0.3, 0.4) is 0 Å². The highest BCUT2D eigenvalue weighted by Gasteiger charge is 2.29. The summed E-state index contributed by atoms with van der Waals surface area (Å²) in [6.45, 7) is 0. The van der Waals surface area contributed by atoms with Gasteiger partial charge >= 0.3 is 0 Å². The monoisotopic (exact) mass is 297 g/mol. The molecule has 2 rings (SSSR count). The topological polar surface area (TPSA) is 74.7 Å². The Morgan fingerprint density at radius 1 is 0.895 bits per heavy atom. The molecule has 5 nitrogen and oxygen atoms in total. The van der Waals surface area contributed by atoms with Crippen molar-refractivity contribution in [2.75, 3.05) is 3.71 Å². The number of sulfonamides is 1. The zero-order valence-electron chi connectivity index (χ0n) is 9.71. The fourth-order valence-corrected chi connectivity index (χ4v) is 3.87. The second-order valence-electron chi connectivity index (χ2n) is 3.61. The third-order valence-electron chi connectivity index (χ3n) is 2.37. The van der Waals surface area contributed by atoms with Crippen LogP contribution in [0.2, 0.25) is 0 Å². The molecule has 0 aromatic heterocycles. The van der Waals surface area contributed by atoms with Crippen molar-refractivity contribution in [3.8, 4) is 0 Å². The van der Waals surface area contributed by atoms with Crippen molar-refractivity contribution >= 4 is 27.0 Å². The van der Waals surface area contributed by atoms with E-state index in [0.717, 1.165) is 0 Å². The van der Waals surface area contributed by atoms with Gasteiger partial charge in [-0.05, 0) is 24.3 Å². The zero-order chi connectivity index (χ0) is 13.9. The molecule has 1 N–H and O–H groups in total. The molecule has 0 aliphatic rings. The quantitative estimate of drug-likeness (QED) is 0.876. The number of rotatable bonds is 4. The van der Waals surface area contributed by atoms with Crippen LogP contribution in [0.1, 0.15) is 0 Å². The standard InChI is InChI=1S/C12H11NO4S2/c14-18(15)13(11-7-3-1-4-8-11)19(16,17)12-9-5-2-6-10-12/h1-10H,(H,14,15). The molecule has 19 heavy (non-hydrogen) atoms. The van der Waals surface area contributed by atoms with Gasteiger partial charge in [-0.25, -0.2) is 12.6 Å². The van der Waals surface area contributed by atoms with Gasteiger partial charge in [0.1, 0.15) is 0 Å². The molecule has 0 radical (unpaired) electrons. The predicted octanol–water partition coefficient (Wildman–Crippen LogP) is 2.02. The molecule has 1 atom stereocenters. The predicted molar refractivity (Wildman–Crippen MR) is 73.3 cm³/mol. The summed E-state index contributed by atoms with van der Waals surface area (Å²) in [7, 11) is -4.07. The van der Waals surface area contributed by atoms with E-state index >= 15 is 0 Å². The van der Waals surface area contributed by atoms with E-state index in [0.29, 0.717) is 3.71 Å². The lowest BCUT2D eigenvalue weighted by Crippen LogP contribution is -2.32. The van der Waals surface area contributed by atoms with Gasteiger partial charge in [0, 0.05) is 0 Å². The Balaban J connectivity index is 2.55. The maximum Gasteiger partial charge on any atom is 0.277 e. The number of para-hydroxylation sites is 1. The first kappa shape index (κ1) is 13.7. The van der Waals surface area contributed by atoms with Crippen molar-refractivity contribution in [2.45, 2.75) is 4.90 Å². The molecule has 0 amide bonds. The number of anilines is 1. The summed E-state index contributed by atoms with van der Waals surface area (Å²) in [5.41, 5.74) is 0.132. The third-order valence-corrected chi connectivity index (χ3v) is 5.35. The first-order chi connectivity index (χ1) is 9.03. The highest BCUT2D eigenvalue weighted by Crippen LogP contribution is 2.24. The van der Waals surface area contributed by atoms with E-state index in [1.807, 2.05) is 0 Å². The fraction of sp³-hybridized carbons (Fsp3) is 0. The second kappa shape index (κ2) is 5.52. The van der Waals surface area contributed by atoms with Gasteiger partial charge < -0.3 is 0 Å². The average molecular weight is 297 g/mol. The van der Waals surface area contributed by atoms with Crippen LogP contribution in [-0.4, -0.2) is 17.2 Å². The van der Waals surface area contributed by atoms with Gasteiger partial charge in [0.2, 0.25) is 0 Å². The van der Waals surface area contributed by atoms with Gasteiger partial charge in [-0.3, -0.25) is 4.55 Å². The largest absolute Gasteiger partial charge is 0.288 e. The third kappa shape index (κ3) is 2.83. The van der Waals surface area contributed by atoms with Gasteiger partial charge in [-0.1, -0.05) is 36.4 Å². The maximum absolute atomic E-state index is 12.3. The molecular formula is C12H11NO4S2. The Kier molecular flexibility index (Phi) is 3.98. The van der Waals surface area contributed by atoms with E-state index in [9.17, 15) is 17.2 Å². The molecule has 0 saturated carbocycles. The lowest BCUT2D eigenvalue weighted by atomic mass is 10.3. The van der Waals surface area contributed by atoms with Gasteiger partial charge in [-0.2, -0.15) is 3.71 Å². The Morgan fingerprint density at radius 3 is 1.84 bits per heavy atom. The Hall–Kier alpha value is -1.70. The summed E-state index contributed by atoms with van der Waals surface area (Å²) >= 11 is -2.68. The van der Waals surface area contributed by atoms with Crippen molar-refractivity contribution in [1.82, 2.24) is 0 Å². The smallest absolute Gasteiger partial charge is 0.277 e. The molecule has 2 aromatic rings. The molecule has 0 aliphatic heterocycles. The van der Waals surface area contributed by atoms with Crippen LogP contribution in [0.25, 0.3) is 0 Å². The van der Waals surface area contributed by atoms with Crippen LogP contribution in [0.4, 0.5) is 5.69 Å². The van der Waals surface area contributed by atoms with Gasteiger partial charge in [0.25, 0.3) is 21.3 Å². The zero-order valence-corrected chi connectivity index (χ0v) is 11.3. The van der Waals surface area contributed by atoms with E-state index in [-0.39, 0.29) is 10.6 Å². The fourth-order valence-electron chi connectivity index (χ4n) is 1.55. The first-order valence-corrected chi connectivity index (χ1v) is 7.80. The summed E-state index contributed by atoms with van der Waals surface area (Å²) in [4.78, 5) is -0.0405. The molecule has 0 saturated heterocycles. The number of hydrogen-bond donors (Lipinski definition) is 1. The van der Waals surface area contributed by atoms with Crippen LogP contribution in [0, 0.1) is 0 Å². The Labute approximate surface area is 114 Å². The number of benzene rings is 2. The van der Waals surface area contributed by atoms with Gasteiger partial charge in [0.05, 0.1) is 10.6 Å². The highest BCUT2D eigenvalue weighted by molar-refractivity contribution is 8.05. The Morgan fingerprint density at radius 2 is 1.37 bits per heavy atom. The van der Waals surface area contributed by atoms with Crippen molar-refractivity contribution in [3.05, 3.63) is 60.7 Å². The van der Waals surface area contributed by atoms with Crippen molar-refractivity contribution in [1.29, 1.82) is 0 Å². The van der Waals surface area contributed by atoms with Crippen molar-refractivity contribution in [3.63, 3.8) is 0 Å². The molecule has 0 heterocycles. The van der Waals surface area contributed by atoms with Crippen molar-refractivity contribution < 1.29 is 17.2 Å². The van der Waals surface area contributed by atoms with E-state index in [4.69, 9.17) is 0 Å². The molecule has 0 fully saturated rings. The average Bonchev–Trinajstić information content (AvgIpc) is 2.40. The molecule has 0 spiro atoms. The van der Waals surface area contributed by atoms with E-state index in [2.05, 4.69) is 0 Å². The van der Waals surface area contributed by atoms with Gasteiger partial charge in [-0.15, -0.1) is 0 Å². The molecule has 1 unspecified atom stereocenters. The van der Waals surface area contributed by atoms with Crippen LogP contribution >= 0.6 is 0 Å². The SMILES string of the molecule is O=S(O)N(c1ccccc1)S(=O)(=O)c1ccccc1. The summed E-state index contributed by atoms with van der Waals surface area (Å²) < 4.78 is 45.8. The van der Waals surface area contributed by atoms with Gasteiger partial charge in [0.15, 0.2) is 0 Å². The van der Waals surface area contributed by atoms with Crippen LogP contribution < -0.4 is 3.71 Å². The van der Waals surface area contributed by atoms with Crippen LogP contribution in [-0.2, 0) is 21.3 Å². The van der Waals surface area contributed by atoms with E-state index < -0.39 is 21.3 Å². The van der Waals surface area contributed by atoms with Crippen LogP contribution in [0.5, 0.6) is 0 Å². The minimum absolute atomic E-state index is 0.0405. The van der Waals surface area contributed by atoms with Crippen LogP contribution in [0.15, 0.2) is 65.6 Å². The second-order valence-corrected chi connectivity index (χ2v) is 6.46. The summed E-state index contributed by atoms with van der Waals surface area (Å²) in [5.74, 6) is 0. The molecular weight excluding hydrogens is 286 g/mol. The lowest BCUT2D eigenvalue weighted by molar-refractivity contribution is 0.560. The Bertz CT molecular complexity index is 671. The molecule has 100 valence electrons. The summed E-state index contributed by atoms with van der Waals surface area (Å²) in [6, 6.07) is 15.3. The molecule has 0 bridgehead atoms. The molecule has 0 aliphatic carbocycles. The lowest BCUT2D eigenvalue weighted by Gasteiger charge is -2.19. The minimum Gasteiger partial charge on any atom is -0.288 e. The number of nitrogens with zero attached hydrogens (tertiary/aromatic N) is 1. The maximum atomic E-state index is 12.3. The molecule has 7 heteroatoms. The normalized spacial score (nSPS) is 12.9. The highest BCUT2D eigenvalue weighted by atomic mass is 32.3. The summed E-state index contributed by atoms with van der Waals surface area (Å²) in [5, 5.41) is 0. The summed E-state index contributed by atoms with van der Waals surface area (Å²) in [6.07, 6.45) is 0. The minimum atomic E-state index is -4.07. The molecule has 2 aromatic carbocycles. The van der Waals surface area contributed by atoms with Crippen molar-refractivity contribution in [2.24, 2.45) is 0 Å². The first-order valence-electron chi connectivity index (χ1n) is 5.30. The van der Waals surface area contributed by atoms with E-state index in [1.165, 1.54) is 24.3 Å². The van der Waals surface area contributed by atoms with E-state index in [1.54, 1.807) is 36.4 Å². The number of hydrogen-bond acceptors (Lipinski definition) is 3.